The average Bonchev–Trinajstić information content (AvgIpc) is 2.67. The summed E-state index contributed by atoms with van der Waals surface area (Å²) in [6.45, 7) is 1.96. The van der Waals surface area contributed by atoms with Crippen LogP contribution in [-0.4, -0.2) is 23.4 Å². The SMILES string of the molecule is CCOC(=O)c1ccc(NC(=O)/C(C#N)=C/c2ccc([N+](=O)[O-])cc2)cc1. The number of nitro groups is 1. The fourth-order valence-electron chi connectivity index (χ4n) is 2.11. The zero-order valence-corrected chi connectivity index (χ0v) is 14.3. The first kappa shape index (κ1) is 19.3. The number of ether oxygens (including phenoxy) is 1. The molecular formula is C19H15N3O5. The molecule has 0 aliphatic heterocycles. The number of hydrogen-bond donors (Lipinski definition) is 1. The van der Waals surface area contributed by atoms with E-state index < -0.39 is 16.8 Å². The second-order valence-corrected chi connectivity index (χ2v) is 5.27. The second kappa shape index (κ2) is 8.92. The number of benzene rings is 2. The molecule has 0 fully saturated rings. The Balaban J connectivity index is 2.11. The monoisotopic (exact) mass is 365 g/mol. The zero-order valence-electron chi connectivity index (χ0n) is 14.3. The Morgan fingerprint density at radius 3 is 2.33 bits per heavy atom. The molecule has 0 bridgehead atoms. The molecule has 8 heteroatoms. The van der Waals surface area contributed by atoms with Crippen LogP contribution in [0.25, 0.3) is 6.08 Å². The normalized spacial score (nSPS) is 10.6. The van der Waals surface area contributed by atoms with Gasteiger partial charge in [0.05, 0.1) is 17.1 Å². The van der Waals surface area contributed by atoms with Crippen molar-refractivity contribution in [1.82, 2.24) is 0 Å². The van der Waals surface area contributed by atoms with Gasteiger partial charge in [-0.25, -0.2) is 4.79 Å². The number of anilines is 1. The van der Waals surface area contributed by atoms with E-state index >= 15 is 0 Å². The Morgan fingerprint density at radius 1 is 1.19 bits per heavy atom. The summed E-state index contributed by atoms with van der Waals surface area (Å²) in [6, 6.07) is 13.3. The molecule has 0 aliphatic rings. The maximum Gasteiger partial charge on any atom is 0.338 e. The topological polar surface area (TPSA) is 122 Å². The molecule has 2 rings (SSSR count). The van der Waals surface area contributed by atoms with Crippen LogP contribution in [-0.2, 0) is 9.53 Å². The first-order chi connectivity index (χ1) is 12.9. The molecule has 2 aromatic rings. The van der Waals surface area contributed by atoms with E-state index in [4.69, 9.17) is 4.74 Å². The van der Waals surface area contributed by atoms with Gasteiger partial charge in [-0.1, -0.05) is 0 Å². The first-order valence-corrected chi connectivity index (χ1v) is 7.89. The van der Waals surface area contributed by atoms with Crippen LogP contribution in [0.4, 0.5) is 11.4 Å². The molecule has 0 aromatic heterocycles. The Labute approximate surface area is 154 Å². The summed E-state index contributed by atoms with van der Waals surface area (Å²) < 4.78 is 4.87. The summed E-state index contributed by atoms with van der Waals surface area (Å²) in [5.41, 5.74) is 0.967. The fourth-order valence-corrected chi connectivity index (χ4v) is 2.11. The van der Waals surface area contributed by atoms with Gasteiger partial charge in [0.15, 0.2) is 0 Å². The van der Waals surface area contributed by atoms with Gasteiger partial charge in [0.2, 0.25) is 0 Å². The van der Waals surface area contributed by atoms with Crippen molar-refractivity contribution in [2.75, 3.05) is 11.9 Å². The molecule has 1 amide bonds. The number of nitriles is 1. The smallest absolute Gasteiger partial charge is 0.338 e. The highest BCUT2D eigenvalue weighted by atomic mass is 16.6. The predicted molar refractivity (Wildman–Crippen MR) is 97.7 cm³/mol. The quantitative estimate of drug-likeness (QED) is 0.275. The van der Waals surface area contributed by atoms with Crippen molar-refractivity contribution in [2.45, 2.75) is 6.92 Å². The molecule has 136 valence electrons. The van der Waals surface area contributed by atoms with Crippen molar-refractivity contribution in [3.8, 4) is 6.07 Å². The van der Waals surface area contributed by atoms with E-state index in [0.29, 0.717) is 16.8 Å². The molecule has 0 heterocycles. The highest BCUT2D eigenvalue weighted by Gasteiger charge is 2.11. The van der Waals surface area contributed by atoms with Crippen molar-refractivity contribution in [1.29, 1.82) is 5.26 Å². The van der Waals surface area contributed by atoms with Gasteiger partial charge in [-0.15, -0.1) is 0 Å². The molecule has 0 radical (unpaired) electrons. The number of nitrogens with zero attached hydrogens (tertiary/aromatic N) is 2. The van der Waals surface area contributed by atoms with Crippen molar-refractivity contribution in [3.63, 3.8) is 0 Å². The van der Waals surface area contributed by atoms with Gasteiger partial charge in [-0.05, 0) is 55.0 Å². The van der Waals surface area contributed by atoms with Gasteiger partial charge < -0.3 is 10.1 Å². The molecule has 0 saturated carbocycles. The maximum absolute atomic E-state index is 12.2. The van der Waals surface area contributed by atoms with Crippen molar-refractivity contribution in [3.05, 3.63) is 75.3 Å². The van der Waals surface area contributed by atoms with Crippen molar-refractivity contribution < 1.29 is 19.2 Å². The minimum atomic E-state index is -0.639. The summed E-state index contributed by atoms with van der Waals surface area (Å²) in [5.74, 6) is -1.11. The number of carbonyl (C=O) groups is 2. The van der Waals surface area contributed by atoms with E-state index in [1.807, 2.05) is 0 Å². The Kier molecular flexibility index (Phi) is 6.39. The lowest BCUT2D eigenvalue weighted by molar-refractivity contribution is -0.384. The fraction of sp³-hybridized carbons (Fsp3) is 0.105. The molecule has 0 saturated heterocycles. The predicted octanol–water partition coefficient (Wildman–Crippen LogP) is 3.32. The van der Waals surface area contributed by atoms with Crippen molar-refractivity contribution in [2.24, 2.45) is 0 Å². The van der Waals surface area contributed by atoms with Gasteiger partial charge in [0, 0.05) is 17.8 Å². The molecule has 1 N–H and O–H groups in total. The van der Waals surface area contributed by atoms with E-state index in [1.54, 1.807) is 13.0 Å². The standard InChI is InChI=1S/C19H15N3O5/c1-2-27-19(24)14-5-7-16(8-6-14)21-18(23)15(12-20)11-13-3-9-17(10-4-13)22(25)26/h3-11H,2H2,1H3,(H,21,23)/b15-11+. The number of esters is 1. The van der Waals surface area contributed by atoms with Crippen LogP contribution in [0.2, 0.25) is 0 Å². The number of carbonyl (C=O) groups excluding carboxylic acids is 2. The van der Waals surface area contributed by atoms with Crippen molar-refractivity contribution >= 4 is 29.3 Å². The van der Waals surface area contributed by atoms with Gasteiger partial charge in [0.1, 0.15) is 11.6 Å². The summed E-state index contributed by atoms with van der Waals surface area (Å²) in [6.07, 6.45) is 1.33. The van der Waals surface area contributed by atoms with Crippen LogP contribution >= 0.6 is 0 Å². The third kappa shape index (κ3) is 5.24. The molecule has 2 aromatic carbocycles. The highest BCUT2D eigenvalue weighted by molar-refractivity contribution is 6.09. The number of non-ortho nitro benzene ring substituents is 1. The largest absolute Gasteiger partial charge is 0.462 e. The van der Waals surface area contributed by atoms with Gasteiger partial charge in [-0.3, -0.25) is 14.9 Å². The molecule has 0 aliphatic carbocycles. The van der Waals surface area contributed by atoms with Crippen LogP contribution in [0.3, 0.4) is 0 Å². The van der Waals surface area contributed by atoms with Crippen LogP contribution in [0, 0.1) is 21.4 Å². The molecular weight excluding hydrogens is 350 g/mol. The molecule has 0 spiro atoms. The molecule has 8 nitrogen and oxygen atoms in total. The Bertz CT molecular complexity index is 925. The lowest BCUT2D eigenvalue weighted by Gasteiger charge is -2.06. The third-order valence-corrected chi connectivity index (χ3v) is 3.43. The number of amides is 1. The summed E-state index contributed by atoms with van der Waals surface area (Å²) >= 11 is 0. The highest BCUT2D eigenvalue weighted by Crippen LogP contribution is 2.16. The van der Waals surface area contributed by atoms with Crippen LogP contribution in [0.15, 0.2) is 54.1 Å². The Hall–Kier alpha value is -3.99. The van der Waals surface area contributed by atoms with Crippen LogP contribution in [0.1, 0.15) is 22.8 Å². The van der Waals surface area contributed by atoms with E-state index in [9.17, 15) is 25.0 Å². The van der Waals surface area contributed by atoms with Crippen LogP contribution < -0.4 is 5.32 Å². The maximum atomic E-state index is 12.2. The lowest BCUT2D eigenvalue weighted by atomic mass is 10.1. The van der Waals surface area contributed by atoms with E-state index in [-0.39, 0.29) is 17.9 Å². The number of rotatable bonds is 6. The first-order valence-electron chi connectivity index (χ1n) is 7.89. The zero-order chi connectivity index (χ0) is 19.8. The minimum absolute atomic E-state index is 0.0863. The summed E-state index contributed by atoms with van der Waals surface area (Å²) in [5, 5.41) is 22.4. The van der Waals surface area contributed by atoms with Gasteiger partial charge in [0.25, 0.3) is 11.6 Å². The Morgan fingerprint density at radius 2 is 1.81 bits per heavy atom. The number of nitro benzene ring substituents is 1. The number of hydrogen-bond acceptors (Lipinski definition) is 6. The average molecular weight is 365 g/mol. The molecule has 0 unspecified atom stereocenters. The lowest BCUT2D eigenvalue weighted by Crippen LogP contribution is -2.13. The molecule has 27 heavy (non-hydrogen) atoms. The van der Waals surface area contributed by atoms with Crippen LogP contribution in [0.5, 0.6) is 0 Å². The molecule has 0 atom stereocenters. The summed E-state index contributed by atoms with van der Waals surface area (Å²) in [7, 11) is 0. The van der Waals surface area contributed by atoms with Gasteiger partial charge >= 0.3 is 5.97 Å². The third-order valence-electron chi connectivity index (χ3n) is 3.43. The van der Waals surface area contributed by atoms with Gasteiger partial charge in [-0.2, -0.15) is 5.26 Å². The van der Waals surface area contributed by atoms with E-state index in [0.717, 1.165) is 0 Å². The van der Waals surface area contributed by atoms with E-state index in [1.165, 1.54) is 54.6 Å². The minimum Gasteiger partial charge on any atom is -0.462 e. The second-order valence-electron chi connectivity index (χ2n) is 5.27. The van der Waals surface area contributed by atoms with E-state index in [2.05, 4.69) is 5.32 Å². The summed E-state index contributed by atoms with van der Waals surface area (Å²) in [4.78, 5) is 34.0. The number of nitrogens with one attached hydrogen (secondary N) is 1.